The van der Waals surface area contributed by atoms with Gasteiger partial charge in [0.25, 0.3) is 0 Å². The van der Waals surface area contributed by atoms with Gasteiger partial charge in [-0.15, -0.1) is 13.2 Å². The first kappa shape index (κ1) is 14.6. The number of carbonyl (C=O) groups excluding carboxylic acids is 1. The van der Waals surface area contributed by atoms with Crippen LogP contribution in [0.3, 0.4) is 0 Å². The van der Waals surface area contributed by atoms with Crippen LogP contribution in [0.15, 0.2) is 22.8 Å². The molecular formula is C11H13F3O4. The molecule has 0 aliphatic rings. The van der Waals surface area contributed by atoms with Crippen molar-refractivity contribution < 1.29 is 31.9 Å². The molecule has 4 nitrogen and oxygen atoms in total. The first-order valence-electron chi connectivity index (χ1n) is 5.40. The van der Waals surface area contributed by atoms with Crippen LogP contribution < -0.4 is 0 Å². The number of halogens is 3. The number of esters is 1. The second kappa shape index (κ2) is 7.05. The van der Waals surface area contributed by atoms with E-state index < -0.39 is 12.3 Å². The predicted octanol–water partition coefficient (Wildman–Crippen LogP) is 3.14. The van der Waals surface area contributed by atoms with Gasteiger partial charge in [0.2, 0.25) is 5.76 Å². The Labute approximate surface area is 102 Å². The van der Waals surface area contributed by atoms with E-state index in [4.69, 9.17) is 9.15 Å². The van der Waals surface area contributed by atoms with Gasteiger partial charge in [0.05, 0.1) is 19.5 Å². The van der Waals surface area contributed by atoms with Crippen molar-refractivity contribution in [2.24, 2.45) is 0 Å². The lowest BCUT2D eigenvalue weighted by molar-refractivity contribution is -0.324. The van der Waals surface area contributed by atoms with E-state index in [9.17, 15) is 18.0 Å². The van der Waals surface area contributed by atoms with E-state index >= 15 is 0 Å². The lowest BCUT2D eigenvalue weighted by atomic mass is 10.2. The molecule has 0 fully saturated rings. The Morgan fingerprint density at radius 2 is 1.94 bits per heavy atom. The van der Waals surface area contributed by atoms with Crippen molar-refractivity contribution in [3.63, 3.8) is 0 Å². The van der Waals surface area contributed by atoms with Crippen molar-refractivity contribution in [1.82, 2.24) is 0 Å². The molecule has 102 valence electrons. The fraction of sp³-hybridized carbons (Fsp3) is 0.545. The minimum absolute atomic E-state index is 0.107. The van der Waals surface area contributed by atoms with Crippen LogP contribution in [0.1, 0.15) is 29.8 Å². The van der Waals surface area contributed by atoms with E-state index in [1.54, 1.807) is 6.07 Å². The summed E-state index contributed by atoms with van der Waals surface area (Å²) in [6.45, 7) is -0.235. The van der Waals surface area contributed by atoms with Crippen LogP contribution in [0.5, 0.6) is 0 Å². The Bertz CT molecular complexity index is 346. The second-order valence-electron chi connectivity index (χ2n) is 3.47. The summed E-state index contributed by atoms with van der Waals surface area (Å²) in [6, 6.07) is 3.03. The number of alkyl halides is 3. The van der Waals surface area contributed by atoms with Gasteiger partial charge in [-0.05, 0) is 31.4 Å². The van der Waals surface area contributed by atoms with Crippen molar-refractivity contribution in [2.45, 2.75) is 25.6 Å². The molecular weight excluding hydrogens is 253 g/mol. The van der Waals surface area contributed by atoms with E-state index in [2.05, 4.69) is 4.74 Å². The fourth-order valence-corrected chi connectivity index (χ4v) is 1.20. The zero-order chi connectivity index (χ0) is 13.4. The average Bonchev–Trinajstić information content (AvgIpc) is 2.79. The highest BCUT2D eigenvalue weighted by Gasteiger charge is 2.28. The molecule has 1 heterocycles. The lowest BCUT2D eigenvalue weighted by Crippen LogP contribution is -2.14. The first-order chi connectivity index (χ1) is 8.49. The Hall–Kier alpha value is -1.50. The van der Waals surface area contributed by atoms with Crippen molar-refractivity contribution in [1.29, 1.82) is 0 Å². The molecule has 0 aliphatic heterocycles. The monoisotopic (exact) mass is 266 g/mol. The van der Waals surface area contributed by atoms with Crippen LogP contribution in [-0.2, 0) is 9.47 Å². The molecule has 0 aliphatic carbocycles. The summed E-state index contributed by atoms with van der Waals surface area (Å²) in [4.78, 5) is 11.2. The minimum atomic E-state index is -4.58. The zero-order valence-corrected chi connectivity index (χ0v) is 9.53. The van der Waals surface area contributed by atoms with Gasteiger partial charge < -0.3 is 9.15 Å². The van der Waals surface area contributed by atoms with Gasteiger partial charge in [-0.2, -0.15) is 0 Å². The van der Waals surface area contributed by atoms with Crippen LogP contribution >= 0.6 is 0 Å². The number of rotatable bonds is 7. The summed E-state index contributed by atoms with van der Waals surface area (Å²) in [5.74, 6) is -0.470. The predicted molar refractivity (Wildman–Crippen MR) is 54.8 cm³/mol. The summed E-state index contributed by atoms with van der Waals surface area (Å²) in [5.41, 5.74) is 0. The number of carbonyl (C=O) groups is 1. The number of furan rings is 1. The van der Waals surface area contributed by atoms with Crippen LogP contribution in [0.4, 0.5) is 13.2 Å². The molecule has 0 saturated heterocycles. The highest BCUT2D eigenvalue weighted by atomic mass is 19.4. The number of unbranched alkanes of at least 4 members (excludes halogenated alkanes) is 2. The van der Waals surface area contributed by atoms with Gasteiger partial charge in [0.15, 0.2) is 0 Å². The van der Waals surface area contributed by atoms with Gasteiger partial charge in [0, 0.05) is 0 Å². The molecule has 0 N–H and O–H groups in total. The second-order valence-corrected chi connectivity index (χ2v) is 3.47. The minimum Gasteiger partial charge on any atom is -0.460 e. The summed E-state index contributed by atoms with van der Waals surface area (Å²) in [7, 11) is 0. The molecule has 0 aromatic carbocycles. The van der Waals surface area contributed by atoms with Gasteiger partial charge >= 0.3 is 12.3 Å². The molecule has 0 amide bonds. The molecule has 0 saturated carbocycles. The molecule has 0 atom stereocenters. The quantitative estimate of drug-likeness (QED) is 0.562. The molecule has 1 aromatic heterocycles. The molecule has 18 heavy (non-hydrogen) atoms. The third kappa shape index (κ3) is 6.29. The molecule has 0 spiro atoms. The Morgan fingerprint density at radius 1 is 1.22 bits per heavy atom. The SMILES string of the molecule is O=C(OCCCCCOC(F)(F)F)c1ccco1. The van der Waals surface area contributed by atoms with Crippen LogP contribution in [0, 0.1) is 0 Å². The summed E-state index contributed by atoms with van der Waals surface area (Å²) in [6.07, 6.45) is -2.00. The Kier molecular flexibility index (Phi) is 5.70. The average molecular weight is 266 g/mol. The van der Waals surface area contributed by atoms with Gasteiger partial charge in [-0.25, -0.2) is 4.79 Å². The number of hydrogen-bond acceptors (Lipinski definition) is 4. The highest BCUT2D eigenvalue weighted by molar-refractivity contribution is 5.86. The standard InChI is InChI=1S/C11H13F3O4/c12-11(13,14)18-8-3-1-2-6-17-10(15)9-5-4-7-16-9/h4-5,7H,1-3,6,8H2. The molecule has 0 unspecified atom stereocenters. The van der Waals surface area contributed by atoms with Crippen LogP contribution in [0.2, 0.25) is 0 Å². The van der Waals surface area contributed by atoms with E-state index in [1.807, 2.05) is 0 Å². The fourth-order valence-electron chi connectivity index (χ4n) is 1.20. The molecule has 1 aromatic rings. The third-order valence-corrected chi connectivity index (χ3v) is 2.01. The maximum atomic E-state index is 11.6. The van der Waals surface area contributed by atoms with Gasteiger partial charge in [-0.3, -0.25) is 4.74 Å². The maximum Gasteiger partial charge on any atom is 0.522 e. The summed E-state index contributed by atoms with van der Waals surface area (Å²) < 4.78 is 48.0. The van der Waals surface area contributed by atoms with E-state index in [-0.39, 0.29) is 25.4 Å². The van der Waals surface area contributed by atoms with Crippen molar-refractivity contribution in [3.8, 4) is 0 Å². The highest BCUT2D eigenvalue weighted by Crippen LogP contribution is 2.16. The molecule has 1 rings (SSSR count). The lowest BCUT2D eigenvalue weighted by Gasteiger charge is -2.06. The smallest absolute Gasteiger partial charge is 0.460 e. The largest absolute Gasteiger partial charge is 0.522 e. The van der Waals surface area contributed by atoms with Crippen LogP contribution in [0.25, 0.3) is 0 Å². The zero-order valence-electron chi connectivity index (χ0n) is 9.53. The first-order valence-corrected chi connectivity index (χ1v) is 5.40. The molecule has 0 bridgehead atoms. The molecule has 7 heteroatoms. The van der Waals surface area contributed by atoms with E-state index in [0.29, 0.717) is 12.8 Å². The van der Waals surface area contributed by atoms with Crippen molar-refractivity contribution >= 4 is 5.97 Å². The van der Waals surface area contributed by atoms with E-state index in [1.165, 1.54) is 12.3 Å². The van der Waals surface area contributed by atoms with Crippen LogP contribution in [-0.4, -0.2) is 25.5 Å². The third-order valence-electron chi connectivity index (χ3n) is 2.01. The number of hydrogen-bond donors (Lipinski definition) is 0. The van der Waals surface area contributed by atoms with Crippen molar-refractivity contribution in [2.75, 3.05) is 13.2 Å². The topological polar surface area (TPSA) is 48.7 Å². The van der Waals surface area contributed by atoms with Crippen molar-refractivity contribution in [3.05, 3.63) is 24.2 Å². The Morgan fingerprint density at radius 3 is 2.56 bits per heavy atom. The maximum absolute atomic E-state index is 11.6. The normalized spacial score (nSPS) is 11.5. The van der Waals surface area contributed by atoms with E-state index in [0.717, 1.165) is 0 Å². The van der Waals surface area contributed by atoms with Gasteiger partial charge in [-0.1, -0.05) is 0 Å². The Balaban J connectivity index is 1.98. The summed E-state index contributed by atoms with van der Waals surface area (Å²) in [5, 5.41) is 0. The molecule has 0 radical (unpaired) electrons. The summed E-state index contributed by atoms with van der Waals surface area (Å²) >= 11 is 0. The number of ether oxygens (including phenoxy) is 2. The van der Waals surface area contributed by atoms with Gasteiger partial charge in [0.1, 0.15) is 0 Å².